The summed E-state index contributed by atoms with van der Waals surface area (Å²) in [6.45, 7) is 3.33. The molecular formula is C12H12F3NO. The molecule has 1 N–H and O–H groups in total. The smallest absolute Gasteiger partial charge is 0.322 e. The van der Waals surface area contributed by atoms with Crippen LogP contribution in [0.25, 0.3) is 0 Å². The van der Waals surface area contributed by atoms with Crippen molar-refractivity contribution in [3.63, 3.8) is 0 Å². The summed E-state index contributed by atoms with van der Waals surface area (Å²) >= 11 is 0. The lowest BCUT2D eigenvalue weighted by molar-refractivity contribution is -0.137. The van der Waals surface area contributed by atoms with Crippen LogP contribution in [0.3, 0.4) is 0 Å². The molecule has 0 aliphatic heterocycles. The standard InChI is InChI=1S/C12H12F3NO/c1-3-8(2)11(17)16-10-6-4-9(5-7-10)12(13,14)15/h3-7H,1-2H3,(H,16,17)/b8-3+. The van der Waals surface area contributed by atoms with Crippen LogP contribution in [-0.4, -0.2) is 5.91 Å². The number of benzene rings is 1. The number of nitrogens with one attached hydrogen (secondary N) is 1. The molecule has 1 amide bonds. The van der Waals surface area contributed by atoms with Gasteiger partial charge in [-0.05, 0) is 38.1 Å². The molecule has 0 spiro atoms. The van der Waals surface area contributed by atoms with Gasteiger partial charge in [-0.1, -0.05) is 6.08 Å². The molecule has 17 heavy (non-hydrogen) atoms. The maximum absolute atomic E-state index is 12.3. The van der Waals surface area contributed by atoms with Crippen molar-refractivity contribution in [2.24, 2.45) is 0 Å². The molecule has 0 aliphatic carbocycles. The zero-order valence-corrected chi connectivity index (χ0v) is 9.43. The Morgan fingerprint density at radius 2 is 1.76 bits per heavy atom. The molecule has 92 valence electrons. The molecule has 2 nitrogen and oxygen atoms in total. The van der Waals surface area contributed by atoms with Crippen molar-refractivity contribution in [3.05, 3.63) is 41.5 Å². The van der Waals surface area contributed by atoms with Crippen LogP contribution < -0.4 is 5.32 Å². The van der Waals surface area contributed by atoms with Gasteiger partial charge in [0.05, 0.1) is 5.56 Å². The molecule has 0 aromatic heterocycles. The first-order valence-corrected chi connectivity index (χ1v) is 4.96. The maximum Gasteiger partial charge on any atom is 0.416 e. The third kappa shape index (κ3) is 3.62. The summed E-state index contributed by atoms with van der Waals surface area (Å²) in [6.07, 6.45) is -2.73. The van der Waals surface area contributed by atoms with E-state index in [-0.39, 0.29) is 5.91 Å². The minimum atomic E-state index is -4.36. The summed E-state index contributed by atoms with van der Waals surface area (Å²) in [7, 11) is 0. The second-order valence-corrected chi connectivity index (χ2v) is 3.50. The normalized spacial score (nSPS) is 12.4. The Hall–Kier alpha value is -1.78. The van der Waals surface area contributed by atoms with Crippen molar-refractivity contribution in [2.45, 2.75) is 20.0 Å². The van der Waals surface area contributed by atoms with Gasteiger partial charge in [0.15, 0.2) is 0 Å². The Morgan fingerprint density at radius 1 is 1.24 bits per heavy atom. The summed E-state index contributed by atoms with van der Waals surface area (Å²) in [5.41, 5.74) is 0.104. The molecule has 0 unspecified atom stereocenters. The predicted molar refractivity (Wildman–Crippen MR) is 59.5 cm³/mol. The highest BCUT2D eigenvalue weighted by Crippen LogP contribution is 2.29. The molecule has 0 bridgehead atoms. The molecule has 1 aromatic carbocycles. The maximum atomic E-state index is 12.3. The van der Waals surface area contributed by atoms with Crippen molar-refractivity contribution in [3.8, 4) is 0 Å². The number of anilines is 1. The topological polar surface area (TPSA) is 29.1 Å². The van der Waals surface area contributed by atoms with Gasteiger partial charge >= 0.3 is 6.18 Å². The van der Waals surface area contributed by atoms with E-state index in [1.807, 2.05) is 0 Å². The average Bonchev–Trinajstić information content (AvgIpc) is 2.27. The van der Waals surface area contributed by atoms with Crippen LogP contribution in [0.1, 0.15) is 19.4 Å². The van der Waals surface area contributed by atoms with E-state index in [0.717, 1.165) is 12.1 Å². The minimum Gasteiger partial charge on any atom is -0.322 e. The van der Waals surface area contributed by atoms with E-state index in [0.29, 0.717) is 11.3 Å². The lowest BCUT2D eigenvalue weighted by Crippen LogP contribution is -2.12. The van der Waals surface area contributed by atoms with Crippen LogP contribution in [-0.2, 0) is 11.0 Å². The van der Waals surface area contributed by atoms with Crippen LogP contribution in [0.15, 0.2) is 35.9 Å². The van der Waals surface area contributed by atoms with Crippen LogP contribution >= 0.6 is 0 Å². The summed E-state index contributed by atoms with van der Waals surface area (Å²) in [5, 5.41) is 2.50. The fraction of sp³-hybridized carbons (Fsp3) is 0.250. The third-order valence-corrected chi connectivity index (χ3v) is 2.26. The monoisotopic (exact) mass is 243 g/mol. The number of allylic oxidation sites excluding steroid dienone is 1. The molecule has 0 saturated heterocycles. The SMILES string of the molecule is C/C=C(\C)C(=O)Nc1ccc(C(F)(F)F)cc1. The quantitative estimate of drug-likeness (QED) is 0.790. The van der Waals surface area contributed by atoms with E-state index < -0.39 is 11.7 Å². The number of hydrogen-bond acceptors (Lipinski definition) is 1. The van der Waals surface area contributed by atoms with Gasteiger partial charge in [0.1, 0.15) is 0 Å². The Balaban J connectivity index is 2.80. The lowest BCUT2D eigenvalue weighted by Gasteiger charge is -2.08. The molecule has 0 aliphatic rings. The Labute approximate surface area is 97.1 Å². The minimum absolute atomic E-state index is 0.327. The average molecular weight is 243 g/mol. The number of halogens is 3. The van der Waals surface area contributed by atoms with Gasteiger partial charge in [-0.2, -0.15) is 13.2 Å². The molecule has 1 aromatic rings. The van der Waals surface area contributed by atoms with Crippen molar-refractivity contribution < 1.29 is 18.0 Å². The van der Waals surface area contributed by atoms with Gasteiger partial charge in [-0.3, -0.25) is 4.79 Å². The van der Waals surface area contributed by atoms with Crippen LogP contribution in [0.4, 0.5) is 18.9 Å². The molecule has 1 rings (SSSR count). The van der Waals surface area contributed by atoms with E-state index in [9.17, 15) is 18.0 Å². The number of alkyl halides is 3. The number of hydrogen-bond donors (Lipinski definition) is 1. The summed E-state index contributed by atoms with van der Waals surface area (Å²) < 4.78 is 36.8. The Bertz CT molecular complexity index is 432. The Kier molecular flexibility index (Phi) is 3.93. The first-order valence-electron chi connectivity index (χ1n) is 4.96. The second kappa shape index (κ2) is 5.03. The van der Waals surface area contributed by atoms with Crippen molar-refractivity contribution in [1.29, 1.82) is 0 Å². The van der Waals surface area contributed by atoms with Crippen molar-refractivity contribution in [2.75, 3.05) is 5.32 Å². The third-order valence-electron chi connectivity index (χ3n) is 2.26. The van der Waals surface area contributed by atoms with Crippen LogP contribution in [0.5, 0.6) is 0 Å². The highest BCUT2D eigenvalue weighted by Gasteiger charge is 2.29. The van der Waals surface area contributed by atoms with E-state index in [2.05, 4.69) is 5.32 Å². The predicted octanol–water partition coefficient (Wildman–Crippen LogP) is 3.61. The van der Waals surface area contributed by atoms with Crippen molar-refractivity contribution in [1.82, 2.24) is 0 Å². The highest BCUT2D eigenvalue weighted by molar-refractivity contribution is 6.03. The number of carbonyl (C=O) groups excluding carboxylic acids is 1. The van der Waals surface area contributed by atoms with Gasteiger partial charge in [0, 0.05) is 11.3 Å². The number of amides is 1. The molecule has 5 heteroatoms. The van der Waals surface area contributed by atoms with E-state index in [4.69, 9.17) is 0 Å². The highest BCUT2D eigenvalue weighted by atomic mass is 19.4. The van der Waals surface area contributed by atoms with Gasteiger partial charge in [0.2, 0.25) is 0 Å². The fourth-order valence-electron chi connectivity index (χ4n) is 1.10. The van der Waals surface area contributed by atoms with Gasteiger partial charge in [-0.25, -0.2) is 0 Å². The van der Waals surface area contributed by atoms with Gasteiger partial charge in [0.25, 0.3) is 5.91 Å². The first kappa shape index (κ1) is 13.3. The molecular weight excluding hydrogens is 231 g/mol. The van der Waals surface area contributed by atoms with Gasteiger partial charge in [-0.15, -0.1) is 0 Å². The van der Waals surface area contributed by atoms with E-state index in [1.54, 1.807) is 19.9 Å². The Morgan fingerprint density at radius 3 is 2.18 bits per heavy atom. The summed E-state index contributed by atoms with van der Waals surface area (Å²) in [6, 6.07) is 4.31. The lowest BCUT2D eigenvalue weighted by atomic mass is 10.2. The van der Waals surface area contributed by atoms with Crippen LogP contribution in [0, 0.1) is 0 Å². The summed E-state index contributed by atoms with van der Waals surface area (Å²) in [5.74, 6) is -0.327. The molecule has 0 saturated carbocycles. The van der Waals surface area contributed by atoms with E-state index >= 15 is 0 Å². The first-order chi connectivity index (χ1) is 7.84. The molecule has 0 atom stereocenters. The largest absolute Gasteiger partial charge is 0.416 e. The fourth-order valence-corrected chi connectivity index (χ4v) is 1.10. The van der Waals surface area contributed by atoms with Crippen LogP contribution in [0.2, 0.25) is 0 Å². The second-order valence-electron chi connectivity index (χ2n) is 3.50. The molecule has 0 fully saturated rings. The van der Waals surface area contributed by atoms with Crippen molar-refractivity contribution >= 4 is 11.6 Å². The van der Waals surface area contributed by atoms with E-state index in [1.165, 1.54) is 12.1 Å². The zero-order chi connectivity index (χ0) is 13.1. The summed E-state index contributed by atoms with van der Waals surface area (Å²) in [4.78, 5) is 11.4. The zero-order valence-electron chi connectivity index (χ0n) is 9.43. The number of rotatable bonds is 2. The molecule has 0 heterocycles. The number of carbonyl (C=O) groups is 1. The molecule has 0 radical (unpaired) electrons. The van der Waals surface area contributed by atoms with Gasteiger partial charge < -0.3 is 5.32 Å².